The largest absolute Gasteiger partial charge is 2.00 e. The van der Waals surface area contributed by atoms with Crippen LogP contribution >= 0.6 is 0 Å². The summed E-state index contributed by atoms with van der Waals surface area (Å²) in [6.07, 6.45) is 0. The molecule has 0 aliphatic carbocycles. The van der Waals surface area contributed by atoms with E-state index in [4.69, 9.17) is 0 Å². The smallest absolute Gasteiger partial charge is 1.00 e. The molecule has 0 aromatic carbocycles. The van der Waals surface area contributed by atoms with Crippen molar-refractivity contribution in [1.82, 2.24) is 0 Å². The van der Waals surface area contributed by atoms with Crippen LogP contribution in [-0.2, 0) is 26.2 Å². The SMILES string of the molecule is [AlH3].[AlH3].[Er].[H-].[H-].[Mg+2].[SiH4].[Zr]. The predicted octanol–water partition coefficient (Wildman–Crippen LogP) is -3.98. The average Bonchev–Trinajstić information content (AvgIpc) is 0. The second-order valence-corrected chi connectivity index (χ2v) is 0. The van der Waals surface area contributed by atoms with Crippen molar-refractivity contribution in [1.29, 1.82) is 0 Å². The molecule has 0 radical (unpaired) electrons. The van der Waals surface area contributed by atoms with Crippen LogP contribution in [0.5, 0.6) is 0 Å². The molecular formula is H12Al2ErMgSiZr. The summed E-state index contributed by atoms with van der Waals surface area (Å²) in [4.78, 5) is 0. The van der Waals surface area contributed by atoms with Crippen LogP contribution in [0.3, 0.4) is 0 Å². The van der Waals surface area contributed by atoms with Gasteiger partial charge in [-0.25, -0.2) is 0 Å². The minimum Gasteiger partial charge on any atom is -1.00 e. The van der Waals surface area contributed by atoms with E-state index < -0.39 is 0 Å². The van der Waals surface area contributed by atoms with E-state index in [1.165, 1.54) is 0 Å². The van der Waals surface area contributed by atoms with E-state index in [9.17, 15) is 0 Å². The Hall–Kier alpha value is 4.18. The van der Waals surface area contributed by atoms with Crippen molar-refractivity contribution in [2.24, 2.45) is 0 Å². The van der Waals surface area contributed by atoms with Crippen molar-refractivity contribution in [2.45, 2.75) is 0 Å². The van der Waals surface area contributed by atoms with Crippen LogP contribution < -0.4 is 0 Å². The maximum atomic E-state index is 0. The normalized spacial score (nSPS) is 0. The monoisotopic (exact) mass is 374 g/mol. The molecule has 0 bridgehead atoms. The van der Waals surface area contributed by atoms with Gasteiger partial charge in [0.05, 0.1) is 0 Å². The second-order valence-electron chi connectivity index (χ2n) is 0. The molecular weight excluding hydrogens is 365 g/mol. The molecule has 0 atom stereocenters. The Morgan fingerprint density at radius 1 is 1.00 bits per heavy atom. The van der Waals surface area contributed by atoms with E-state index in [0.29, 0.717) is 0 Å². The standard InChI is InChI=1S/2Al.Er.Mg.H4Si.Zr.8H/h;;;;1H4;;;;;;;;;/q;;;+2;;;;;;;;;2*-1. The van der Waals surface area contributed by atoms with Gasteiger partial charge in [0, 0.05) is 63.5 Å². The van der Waals surface area contributed by atoms with Gasteiger partial charge in [0.15, 0.2) is 34.7 Å². The second kappa shape index (κ2) is 35.2. The van der Waals surface area contributed by atoms with Crippen molar-refractivity contribution in [3.8, 4) is 0 Å². The van der Waals surface area contributed by atoms with Crippen LogP contribution in [0.2, 0.25) is 0 Å². The summed E-state index contributed by atoms with van der Waals surface area (Å²) < 4.78 is 0. The first-order valence-electron chi connectivity index (χ1n) is 0. The first-order chi connectivity index (χ1) is 0. The molecule has 0 N–H and O–H groups in total. The Morgan fingerprint density at radius 2 is 1.00 bits per heavy atom. The summed E-state index contributed by atoms with van der Waals surface area (Å²) in [6.45, 7) is 0. The maximum Gasteiger partial charge on any atom is 2.00 e. The van der Waals surface area contributed by atoms with Crippen LogP contribution in [0.4, 0.5) is 0 Å². The third kappa shape index (κ3) is 24.1. The number of hydrogen-bond donors (Lipinski definition) is 0. The zero-order chi connectivity index (χ0) is 0. The third-order valence-electron chi connectivity index (χ3n) is 0. The first kappa shape index (κ1) is 49.1. The van der Waals surface area contributed by atoms with E-state index in [1.807, 2.05) is 0 Å². The molecule has 0 rings (SSSR count). The fourth-order valence-electron chi connectivity index (χ4n) is 0. The Labute approximate surface area is 132 Å². The molecule has 0 amide bonds. The van der Waals surface area contributed by atoms with Gasteiger partial charge in [0.25, 0.3) is 0 Å². The van der Waals surface area contributed by atoms with Gasteiger partial charge in [-0.15, -0.1) is 0 Å². The minimum absolute atomic E-state index is 0. The first-order valence-corrected chi connectivity index (χ1v) is 0. The number of rotatable bonds is 0. The molecule has 0 aliphatic heterocycles. The van der Waals surface area contributed by atoms with Gasteiger partial charge in [0.2, 0.25) is 0 Å². The molecule has 40 valence electrons. The minimum atomic E-state index is 0. The van der Waals surface area contributed by atoms with E-state index in [-0.39, 0.29) is 135 Å². The zero-order valence-corrected chi connectivity index (χ0v) is 7.22. The topological polar surface area (TPSA) is 0 Å². The van der Waals surface area contributed by atoms with Crippen molar-refractivity contribution in [2.75, 3.05) is 0 Å². The molecule has 6 heavy (non-hydrogen) atoms. The van der Waals surface area contributed by atoms with E-state index >= 15 is 0 Å². The fraction of sp³-hybridized carbons (Fsp3) is 0. The van der Waals surface area contributed by atoms with Gasteiger partial charge >= 0.3 is 23.1 Å². The molecule has 0 saturated heterocycles. The van der Waals surface area contributed by atoms with Crippen LogP contribution in [0.1, 0.15) is 2.85 Å². The summed E-state index contributed by atoms with van der Waals surface area (Å²) in [5.74, 6) is 0. The number of hydrogen-bond acceptors (Lipinski definition) is 0. The molecule has 0 unspecified atom stereocenters. The summed E-state index contributed by atoms with van der Waals surface area (Å²) in [7, 11) is 0. The van der Waals surface area contributed by atoms with Crippen molar-refractivity contribution < 1.29 is 66.4 Å². The van der Waals surface area contributed by atoms with Crippen LogP contribution in [-0.4, -0.2) is 68.7 Å². The molecule has 0 fully saturated rings. The maximum absolute atomic E-state index is 0. The Balaban J connectivity index is 0. The summed E-state index contributed by atoms with van der Waals surface area (Å²) in [6, 6.07) is 0. The molecule has 0 spiro atoms. The Kier molecular flexibility index (Phi) is 288. The van der Waals surface area contributed by atoms with Gasteiger partial charge in [-0.05, 0) is 11.0 Å². The van der Waals surface area contributed by atoms with Crippen molar-refractivity contribution in [3.05, 3.63) is 0 Å². The summed E-state index contributed by atoms with van der Waals surface area (Å²) in [5, 5.41) is 0. The third-order valence-corrected chi connectivity index (χ3v) is 0. The Bertz CT molecular complexity index is 20.0. The molecule has 0 nitrogen and oxygen atoms in total. The van der Waals surface area contributed by atoms with Crippen LogP contribution in [0, 0.1) is 37.3 Å². The van der Waals surface area contributed by atoms with Gasteiger partial charge in [-0.1, -0.05) is 0 Å². The molecule has 0 heterocycles. The molecule has 0 saturated carbocycles. The Morgan fingerprint density at radius 3 is 1.00 bits per heavy atom. The molecule has 6 heteroatoms. The summed E-state index contributed by atoms with van der Waals surface area (Å²) >= 11 is 0. The predicted molar refractivity (Wildman–Crippen MR) is 39.2 cm³/mol. The zero-order valence-electron chi connectivity index (χ0n) is 3.50. The van der Waals surface area contributed by atoms with Crippen LogP contribution in [0.15, 0.2) is 0 Å². The van der Waals surface area contributed by atoms with Crippen molar-refractivity contribution in [3.63, 3.8) is 0 Å². The molecule has 0 aliphatic rings. The quantitative estimate of drug-likeness (QED) is 0.378. The van der Waals surface area contributed by atoms with Gasteiger partial charge in [0.1, 0.15) is 0 Å². The fourth-order valence-corrected chi connectivity index (χ4v) is 0. The average molecular weight is 377 g/mol. The van der Waals surface area contributed by atoms with E-state index in [1.54, 1.807) is 0 Å². The van der Waals surface area contributed by atoms with Gasteiger partial charge in [-0.2, -0.15) is 0 Å². The van der Waals surface area contributed by atoms with Gasteiger partial charge in [-0.3, -0.25) is 0 Å². The van der Waals surface area contributed by atoms with Crippen LogP contribution in [0.25, 0.3) is 0 Å². The molecule has 0 aromatic rings. The summed E-state index contributed by atoms with van der Waals surface area (Å²) in [5.41, 5.74) is 0. The van der Waals surface area contributed by atoms with E-state index in [2.05, 4.69) is 0 Å². The van der Waals surface area contributed by atoms with Crippen molar-refractivity contribution >= 4 is 68.7 Å². The van der Waals surface area contributed by atoms with Gasteiger partial charge < -0.3 is 2.85 Å². The molecule has 0 aromatic heterocycles. The van der Waals surface area contributed by atoms with E-state index in [0.717, 1.165) is 0 Å².